The van der Waals surface area contributed by atoms with Gasteiger partial charge in [-0.05, 0) is 70.6 Å². The van der Waals surface area contributed by atoms with Gasteiger partial charge in [0.2, 0.25) is 0 Å². The molecule has 3 aromatic rings. The predicted octanol–water partition coefficient (Wildman–Crippen LogP) is 3.46. The maximum atomic E-state index is 13.5. The second-order valence-electron chi connectivity index (χ2n) is 10.2. The molecule has 1 fully saturated rings. The van der Waals surface area contributed by atoms with E-state index in [2.05, 4.69) is 48.3 Å². The van der Waals surface area contributed by atoms with Gasteiger partial charge in [-0.15, -0.1) is 0 Å². The first-order chi connectivity index (χ1) is 18.8. The number of rotatable bonds is 11. The minimum Gasteiger partial charge on any atom is -0.491 e. The summed E-state index contributed by atoms with van der Waals surface area (Å²) < 4.78 is 6.05. The van der Waals surface area contributed by atoms with Gasteiger partial charge in [0.15, 0.2) is 5.82 Å². The summed E-state index contributed by atoms with van der Waals surface area (Å²) in [4.78, 5) is 36.5. The van der Waals surface area contributed by atoms with Crippen LogP contribution < -0.4 is 26.0 Å². The Bertz CT molecular complexity index is 1240. The van der Waals surface area contributed by atoms with Crippen LogP contribution in [0.3, 0.4) is 0 Å². The molecule has 0 aliphatic carbocycles. The number of urea groups is 1. The predicted molar refractivity (Wildman–Crippen MR) is 152 cm³/mol. The van der Waals surface area contributed by atoms with Crippen molar-refractivity contribution in [1.82, 2.24) is 25.5 Å². The number of carbonyl (C=O) groups excluding carboxylic acids is 2. The Labute approximate surface area is 229 Å². The van der Waals surface area contributed by atoms with Crippen molar-refractivity contribution in [3.63, 3.8) is 0 Å². The van der Waals surface area contributed by atoms with E-state index >= 15 is 0 Å². The number of hydrogen-bond acceptors (Lipinski definition) is 7. The topological polar surface area (TPSA) is 121 Å². The number of amides is 3. The summed E-state index contributed by atoms with van der Waals surface area (Å²) in [7, 11) is 4.00. The third-order valence-corrected chi connectivity index (χ3v) is 6.53. The van der Waals surface area contributed by atoms with E-state index < -0.39 is 6.03 Å². The van der Waals surface area contributed by atoms with Crippen molar-refractivity contribution in [2.24, 2.45) is 0 Å². The first-order valence-electron chi connectivity index (χ1n) is 13.2. The molecule has 10 heteroatoms. The van der Waals surface area contributed by atoms with Gasteiger partial charge in [0, 0.05) is 18.7 Å². The fourth-order valence-electron chi connectivity index (χ4n) is 4.52. The molecule has 10 nitrogen and oxygen atoms in total. The number of benzene rings is 2. The number of aromatic nitrogens is 2. The molecule has 206 valence electrons. The van der Waals surface area contributed by atoms with Crippen molar-refractivity contribution in [2.75, 3.05) is 51.0 Å². The van der Waals surface area contributed by atoms with E-state index in [0.717, 1.165) is 38.0 Å². The van der Waals surface area contributed by atoms with Crippen molar-refractivity contribution < 1.29 is 14.3 Å². The smallest absolute Gasteiger partial charge is 0.324 e. The van der Waals surface area contributed by atoms with Crippen LogP contribution in [0.4, 0.5) is 16.3 Å². The largest absolute Gasteiger partial charge is 0.491 e. The van der Waals surface area contributed by atoms with Gasteiger partial charge in [0.25, 0.3) is 5.91 Å². The Balaban J connectivity index is 1.49. The highest BCUT2D eigenvalue weighted by Gasteiger charge is 2.35. The fourth-order valence-corrected chi connectivity index (χ4v) is 4.52. The van der Waals surface area contributed by atoms with E-state index in [-0.39, 0.29) is 11.4 Å². The van der Waals surface area contributed by atoms with E-state index in [1.54, 1.807) is 24.4 Å². The Morgan fingerprint density at radius 1 is 1.08 bits per heavy atom. The van der Waals surface area contributed by atoms with E-state index in [0.29, 0.717) is 36.0 Å². The lowest BCUT2D eigenvalue weighted by Crippen LogP contribution is -2.51. The van der Waals surface area contributed by atoms with E-state index in [9.17, 15) is 9.59 Å². The quantitative estimate of drug-likeness (QED) is 0.280. The lowest BCUT2D eigenvalue weighted by Gasteiger charge is -2.30. The summed E-state index contributed by atoms with van der Waals surface area (Å²) in [6.07, 6.45) is 5.43. The Hall–Kier alpha value is -4.02. The molecule has 39 heavy (non-hydrogen) atoms. The molecular formula is C29H37N7O3. The van der Waals surface area contributed by atoms with Crippen LogP contribution in [0, 0.1) is 6.92 Å². The molecule has 1 saturated heterocycles. The van der Waals surface area contributed by atoms with Gasteiger partial charge >= 0.3 is 6.03 Å². The normalized spacial score (nSPS) is 16.6. The molecule has 0 spiro atoms. The van der Waals surface area contributed by atoms with Gasteiger partial charge < -0.3 is 25.6 Å². The molecule has 2 heterocycles. The second kappa shape index (κ2) is 13.2. The van der Waals surface area contributed by atoms with Crippen molar-refractivity contribution >= 4 is 23.4 Å². The monoisotopic (exact) mass is 531 g/mol. The number of carbonyl (C=O) groups is 2. The molecule has 3 amide bonds. The van der Waals surface area contributed by atoms with Crippen LogP contribution in [0.15, 0.2) is 60.9 Å². The molecule has 4 rings (SSSR count). The van der Waals surface area contributed by atoms with Crippen molar-refractivity contribution in [1.29, 1.82) is 0 Å². The summed E-state index contributed by atoms with van der Waals surface area (Å²) in [5.74, 6) is 0.573. The van der Waals surface area contributed by atoms with E-state index in [4.69, 9.17) is 4.74 Å². The molecular weight excluding hydrogens is 494 g/mol. The van der Waals surface area contributed by atoms with Gasteiger partial charge in [0.1, 0.15) is 5.75 Å². The zero-order chi connectivity index (χ0) is 27.7. The molecule has 1 unspecified atom stereocenters. The van der Waals surface area contributed by atoms with Gasteiger partial charge in [-0.2, -0.15) is 0 Å². The van der Waals surface area contributed by atoms with Gasteiger partial charge in [-0.25, -0.2) is 9.78 Å². The minimum atomic E-state index is -0.484. The maximum Gasteiger partial charge on any atom is 0.324 e. The average molecular weight is 532 g/mol. The lowest BCUT2D eigenvalue weighted by molar-refractivity contribution is 0.0905. The summed E-state index contributed by atoms with van der Waals surface area (Å²) in [6, 6.07) is 14.8. The molecule has 2 aromatic carbocycles. The molecule has 1 aliphatic heterocycles. The number of nitrogens with zero attached hydrogens (tertiary/aromatic N) is 3. The number of hydrogen-bond donors (Lipinski definition) is 4. The number of anilines is 2. The SMILES string of the molecule is Cc1cnc(NC(=O)Nc2ccc(C(=O)NC3(Cc4ccccc4)CCNC3)cc2OCCCN(C)C)cn1. The fraction of sp³-hybridized carbons (Fsp3) is 0.379. The van der Waals surface area contributed by atoms with Crippen LogP contribution in [0.25, 0.3) is 0 Å². The van der Waals surface area contributed by atoms with Crippen molar-refractivity contribution in [3.8, 4) is 5.75 Å². The van der Waals surface area contributed by atoms with E-state index in [1.807, 2.05) is 39.2 Å². The maximum absolute atomic E-state index is 13.5. The number of nitrogens with one attached hydrogen (secondary N) is 4. The van der Waals surface area contributed by atoms with Gasteiger partial charge in [-0.3, -0.25) is 15.1 Å². The van der Waals surface area contributed by atoms with Crippen LogP contribution in [0.1, 0.15) is 34.5 Å². The molecule has 1 aromatic heterocycles. The van der Waals surface area contributed by atoms with Crippen LogP contribution in [-0.2, 0) is 6.42 Å². The van der Waals surface area contributed by atoms with Crippen molar-refractivity contribution in [2.45, 2.75) is 31.7 Å². The Morgan fingerprint density at radius 3 is 2.59 bits per heavy atom. The number of ether oxygens (including phenoxy) is 1. The molecule has 4 N–H and O–H groups in total. The highest BCUT2D eigenvalue weighted by molar-refractivity contribution is 6.01. The summed E-state index contributed by atoms with van der Waals surface area (Å²) in [5, 5.41) is 12.2. The molecule has 1 aliphatic rings. The average Bonchev–Trinajstić information content (AvgIpc) is 3.36. The zero-order valence-corrected chi connectivity index (χ0v) is 22.8. The second-order valence-corrected chi connectivity index (χ2v) is 10.2. The summed E-state index contributed by atoms with van der Waals surface area (Å²) in [5.41, 5.74) is 2.47. The zero-order valence-electron chi connectivity index (χ0n) is 22.8. The van der Waals surface area contributed by atoms with Crippen molar-refractivity contribution in [3.05, 3.63) is 77.7 Å². The highest BCUT2D eigenvalue weighted by Crippen LogP contribution is 2.28. The molecule has 0 radical (unpaired) electrons. The van der Waals surface area contributed by atoms with Crippen LogP contribution in [0.5, 0.6) is 5.75 Å². The third kappa shape index (κ3) is 8.23. The lowest BCUT2D eigenvalue weighted by atomic mass is 9.89. The van der Waals surface area contributed by atoms with Crippen LogP contribution in [-0.4, -0.2) is 72.7 Å². The van der Waals surface area contributed by atoms with Crippen LogP contribution >= 0.6 is 0 Å². The third-order valence-electron chi connectivity index (χ3n) is 6.53. The Kier molecular flexibility index (Phi) is 9.45. The summed E-state index contributed by atoms with van der Waals surface area (Å²) in [6.45, 7) is 4.65. The van der Waals surface area contributed by atoms with Gasteiger partial charge in [0.05, 0.1) is 35.9 Å². The highest BCUT2D eigenvalue weighted by atomic mass is 16.5. The molecule has 0 bridgehead atoms. The van der Waals surface area contributed by atoms with E-state index in [1.165, 1.54) is 11.8 Å². The molecule has 0 saturated carbocycles. The summed E-state index contributed by atoms with van der Waals surface area (Å²) >= 11 is 0. The van der Waals surface area contributed by atoms with Crippen LogP contribution in [0.2, 0.25) is 0 Å². The minimum absolute atomic E-state index is 0.182. The number of aryl methyl sites for hydroxylation is 1. The Morgan fingerprint density at radius 2 is 1.90 bits per heavy atom. The molecule has 1 atom stereocenters. The first kappa shape index (κ1) is 28.0. The standard InChI is InChI=1S/C29H37N7O3/c1-21-18-32-26(19-31-21)34-28(38)33-24-11-10-23(16-25(24)39-15-7-14-36(2)3)27(37)35-29(12-13-30-20-29)17-22-8-5-4-6-9-22/h4-6,8-11,16,18-19,30H,7,12-15,17,20H2,1-3H3,(H,35,37)(H2,32,33,34,38). The van der Waals surface area contributed by atoms with Gasteiger partial charge in [-0.1, -0.05) is 30.3 Å². The first-order valence-corrected chi connectivity index (χ1v) is 13.2.